The van der Waals surface area contributed by atoms with Gasteiger partial charge in [0, 0.05) is 49.4 Å². The maximum Gasteiger partial charge on any atom is 0.259 e. The molecule has 1 aromatic carbocycles. The Kier molecular flexibility index (Phi) is 5.47. The molecule has 2 aromatic heterocycles. The minimum atomic E-state index is -2.65. The van der Waals surface area contributed by atoms with Crippen LogP contribution in [0.4, 0.5) is 8.78 Å². The zero-order chi connectivity index (χ0) is 23.3. The second-order valence-corrected chi connectivity index (χ2v) is 9.34. The number of pyridine rings is 1. The number of aromatic amines is 1. The largest absolute Gasteiger partial charge is 0.381 e. The van der Waals surface area contributed by atoms with Gasteiger partial charge in [-0.15, -0.1) is 0 Å². The summed E-state index contributed by atoms with van der Waals surface area (Å²) in [6, 6.07) is 3.42. The van der Waals surface area contributed by atoms with Crippen molar-refractivity contribution in [2.45, 2.75) is 51.5 Å². The Morgan fingerprint density at radius 2 is 1.97 bits per heavy atom. The van der Waals surface area contributed by atoms with Crippen LogP contribution < -0.4 is 5.56 Å². The van der Waals surface area contributed by atoms with Crippen LogP contribution in [0.2, 0.25) is 0 Å². The minimum absolute atomic E-state index is 0.0510. The Hall–Kier alpha value is -2.81. The van der Waals surface area contributed by atoms with E-state index in [0.29, 0.717) is 72.4 Å². The number of alkyl halides is 2. The van der Waals surface area contributed by atoms with Gasteiger partial charge in [-0.25, -0.2) is 8.78 Å². The fourth-order valence-electron chi connectivity index (χ4n) is 5.07. The number of carbonyl (C=O) groups excluding carboxylic acids is 1. The Bertz CT molecular complexity index is 1270. The number of aromatic nitrogens is 3. The number of likely N-dealkylation sites (tertiary alicyclic amines) is 1. The van der Waals surface area contributed by atoms with Crippen LogP contribution in [0.3, 0.4) is 0 Å². The van der Waals surface area contributed by atoms with Crippen LogP contribution in [0, 0.1) is 12.8 Å². The van der Waals surface area contributed by atoms with Crippen molar-refractivity contribution in [3.05, 3.63) is 39.8 Å². The number of carbonyl (C=O) groups is 1. The van der Waals surface area contributed by atoms with E-state index in [1.807, 2.05) is 26.0 Å². The van der Waals surface area contributed by atoms with Gasteiger partial charge in [-0.2, -0.15) is 5.10 Å². The summed E-state index contributed by atoms with van der Waals surface area (Å²) in [6.45, 7) is 6.44. The first-order valence-corrected chi connectivity index (χ1v) is 11.6. The van der Waals surface area contributed by atoms with Crippen LogP contribution in [0.1, 0.15) is 54.6 Å². The van der Waals surface area contributed by atoms with Gasteiger partial charge in [-0.1, -0.05) is 0 Å². The van der Waals surface area contributed by atoms with Crippen molar-refractivity contribution in [1.82, 2.24) is 19.7 Å². The summed E-state index contributed by atoms with van der Waals surface area (Å²) in [5, 5.41) is 5.53. The van der Waals surface area contributed by atoms with E-state index in [1.165, 1.54) is 6.20 Å². The molecule has 5 rings (SSSR count). The lowest BCUT2D eigenvalue weighted by Crippen LogP contribution is -2.51. The number of H-pyrrole nitrogens is 1. The number of hydrogen-bond donors (Lipinski definition) is 1. The van der Waals surface area contributed by atoms with Crippen LogP contribution >= 0.6 is 0 Å². The van der Waals surface area contributed by atoms with E-state index in [4.69, 9.17) is 4.74 Å². The first-order valence-electron chi connectivity index (χ1n) is 11.6. The average Bonchev–Trinajstić information content (AvgIpc) is 3.18. The molecule has 1 saturated carbocycles. The van der Waals surface area contributed by atoms with E-state index in [-0.39, 0.29) is 30.3 Å². The minimum Gasteiger partial charge on any atom is -0.381 e. The summed E-state index contributed by atoms with van der Waals surface area (Å²) in [7, 11) is 0. The molecule has 7 nitrogen and oxygen atoms in total. The van der Waals surface area contributed by atoms with Crippen LogP contribution in [0.5, 0.6) is 0 Å². The predicted octanol–water partition coefficient (Wildman–Crippen LogP) is 4.05. The lowest BCUT2D eigenvalue weighted by atomic mass is 9.92. The molecule has 1 aliphatic carbocycles. The molecule has 33 heavy (non-hydrogen) atoms. The molecular weight excluding hydrogens is 430 g/mol. The summed E-state index contributed by atoms with van der Waals surface area (Å²) >= 11 is 0. The molecule has 9 heteroatoms. The molecule has 3 heterocycles. The summed E-state index contributed by atoms with van der Waals surface area (Å²) in [6.07, 6.45) is 1.70. The van der Waals surface area contributed by atoms with Crippen LogP contribution in [-0.4, -0.2) is 57.8 Å². The van der Waals surface area contributed by atoms with Gasteiger partial charge in [0.15, 0.2) is 0 Å². The lowest BCUT2D eigenvalue weighted by Gasteiger charge is -2.39. The molecule has 3 aromatic rings. The predicted molar refractivity (Wildman–Crippen MR) is 121 cm³/mol. The molecule has 0 unspecified atom stereocenters. The fraction of sp³-hybridized carbons (Fsp3) is 0.542. The number of fused-ring (bicyclic) bond motifs is 3. The van der Waals surface area contributed by atoms with Crippen LogP contribution in [0.15, 0.2) is 23.1 Å². The maximum absolute atomic E-state index is 13.7. The SMILES string of the molecule is CCOCC1CN(C(=O)c2cc3c(cc2C)[nH]c(=O)c2cnn(C4CCC(F)(F)CC4)c23)C1. The Balaban J connectivity index is 1.53. The zero-order valence-electron chi connectivity index (χ0n) is 18.9. The van der Waals surface area contributed by atoms with Crippen molar-refractivity contribution in [2.24, 2.45) is 5.92 Å². The van der Waals surface area contributed by atoms with E-state index in [1.54, 1.807) is 9.58 Å². The number of nitrogens with zero attached hydrogens (tertiary/aromatic N) is 3. The standard InChI is InChI=1S/C24H28F2N4O3/c1-3-33-13-15-11-29(12-15)23(32)17-9-18-20(8-14(17)2)28-22(31)19-10-27-30(21(18)19)16-4-6-24(25,26)7-5-16/h8-10,15-16H,3-7,11-13H2,1-2H3,(H,28,31). The van der Waals surface area contributed by atoms with Gasteiger partial charge in [0.2, 0.25) is 5.92 Å². The zero-order valence-corrected chi connectivity index (χ0v) is 18.9. The number of benzene rings is 1. The summed E-state index contributed by atoms with van der Waals surface area (Å²) in [4.78, 5) is 30.6. The second-order valence-electron chi connectivity index (χ2n) is 9.34. The van der Waals surface area contributed by atoms with E-state index in [0.717, 1.165) is 5.56 Å². The Morgan fingerprint density at radius 3 is 2.67 bits per heavy atom. The number of ether oxygens (including phenoxy) is 1. The third kappa shape index (κ3) is 3.92. The summed E-state index contributed by atoms with van der Waals surface area (Å²) in [5.74, 6) is -2.35. The first-order chi connectivity index (χ1) is 15.8. The normalized spacial score (nSPS) is 19.3. The summed E-state index contributed by atoms with van der Waals surface area (Å²) < 4.78 is 34.6. The highest BCUT2D eigenvalue weighted by molar-refractivity contribution is 6.07. The molecule has 2 fully saturated rings. The molecular formula is C24H28F2N4O3. The average molecular weight is 459 g/mol. The van der Waals surface area contributed by atoms with Crippen molar-refractivity contribution in [3.63, 3.8) is 0 Å². The third-order valence-electron chi connectivity index (χ3n) is 6.97. The number of aryl methyl sites for hydroxylation is 1. The van der Waals surface area contributed by atoms with Gasteiger partial charge in [0.05, 0.1) is 35.3 Å². The summed E-state index contributed by atoms with van der Waals surface area (Å²) in [5.41, 5.74) is 2.30. The number of halogens is 2. The topological polar surface area (TPSA) is 80.2 Å². The van der Waals surface area contributed by atoms with Gasteiger partial charge in [0.25, 0.3) is 11.5 Å². The quantitative estimate of drug-likeness (QED) is 0.626. The maximum atomic E-state index is 13.7. The fourth-order valence-corrected chi connectivity index (χ4v) is 5.07. The monoisotopic (exact) mass is 458 g/mol. The van der Waals surface area contributed by atoms with Crippen molar-refractivity contribution >= 4 is 27.7 Å². The van der Waals surface area contributed by atoms with Crippen molar-refractivity contribution < 1.29 is 18.3 Å². The van der Waals surface area contributed by atoms with Gasteiger partial charge < -0.3 is 14.6 Å². The molecule has 1 N–H and O–H groups in total. The molecule has 0 radical (unpaired) electrons. The van der Waals surface area contributed by atoms with Gasteiger partial charge >= 0.3 is 0 Å². The van der Waals surface area contributed by atoms with E-state index in [2.05, 4.69) is 10.1 Å². The highest BCUT2D eigenvalue weighted by Gasteiger charge is 2.36. The second kappa shape index (κ2) is 8.20. The first kappa shape index (κ1) is 22.0. The van der Waals surface area contributed by atoms with Gasteiger partial charge in [-0.05, 0) is 44.4 Å². The van der Waals surface area contributed by atoms with Crippen molar-refractivity contribution in [1.29, 1.82) is 0 Å². The van der Waals surface area contributed by atoms with Crippen LogP contribution in [-0.2, 0) is 4.74 Å². The van der Waals surface area contributed by atoms with Crippen LogP contribution in [0.25, 0.3) is 21.8 Å². The number of rotatable bonds is 5. The van der Waals surface area contributed by atoms with E-state index in [9.17, 15) is 18.4 Å². The number of nitrogens with one attached hydrogen (secondary N) is 1. The van der Waals surface area contributed by atoms with E-state index < -0.39 is 5.92 Å². The molecule has 0 spiro atoms. The highest BCUT2D eigenvalue weighted by atomic mass is 19.3. The van der Waals surface area contributed by atoms with Gasteiger partial charge in [-0.3, -0.25) is 14.3 Å². The number of amides is 1. The lowest BCUT2D eigenvalue weighted by molar-refractivity contribution is -0.0445. The van der Waals surface area contributed by atoms with E-state index >= 15 is 0 Å². The van der Waals surface area contributed by atoms with Crippen molar-refractivity contribution in [3.8, 4) is 0 Å². The Labute approximate surface area is 189 Å². The smallest absolute Gasteiger partial charge is 0.259 e. The molecule has 0 atom stereocenters. The molecule has 1 amide bonds. The molecule has 176 valence electrons. The Morgan fingerprint density at radius 1 is 1.24 bits per heavy atom. The molecule has 2 aliphatic rings. The van der Waals surface area contributed by atoms with Crippen molar-refractivity contribution in [2.75, 3.05) is 26.3 Å². The van der Waals surface area contributed by atoms with Gasteiger partial charge in [0.1, 0.15) is 0 Å². The molecule has 0 bridgehead atoms. The molecule has 1 aliphatic heterocycles. The highest BCUT2D eigenvalue weighted by Crippen LogP contribution is 2.40. The third-order valence-corrected chi connectivity index (χ3v) is 6.97. The number of hydrogen-bond acceptors (Lipinski definition) is 4. The molecule has 1 saturated heterocycles.